The van der Waals surface area contributed by atoms with Gasteiger partial charge in [0, 0.05) is 38.1 Å². The number of fused-ring (bicyclic) bond motifs is 1. The zero-order valence-electron chi connectivity index (χ0n) is 10.00. The third-order valence-corrected chi connectivity index (χ3v) is 3.77. The van der Waals surface area contributed by atoms with Crippen LogP contribution in [0.2, 0.25) is 0 Å². The fourth-order valence-corrected chi connectivity index (χ4v) is 2.88. The van der Waals surface area contributed by atoms with E-state index in [4.69, 9.17) is 0 Å². The van der Waals surface area contributed by atoms with Crippen LogP contribution in [0.25, 0.3) is 0 Å². The standard InChI is InChI=1S/C13H22N2/c1-3-4-5-8-14-11-13-7-6-9-15(13)10-12(14)2/h12-13H,5-11H2,1-2H3. The highest BCUT2D eigenvalue weighted by molar-refractivity contribution is 4.97. The summed E-state index contributed by atoms with van der Waals surface area (Å²) in [4.78, 5) is 5.30. The molecule has 2 saturated heterocycles. The van der Waals surface area contributed by atoms with Crippen LogP contribution in [0.1, 0.15) is 33.1 Å². The van der Waals surface area contributed by atoms with Gasteiger partial charge in [-0.05, 0) is 33.2 Å². The van der Waals surface area contributed by atoms with Gasteiger partial charge in [0.15, 0.2) is 0 Å². The van der Waals surface area contributed by atoms with Gasteiger partial charge in [-0.1, -0.05) is 0 Å². The molecule has 2 heterocycles. The maximum atomic E-state index is 3.17. The van der Waals surface area contributed by atoms with E-state index in [0.29, 0.717) is 0 Å². The van der Waals surface area contributed by atoms with Crippen molar-refractivity contribution in [3.63, 3.8) is 0 Å². The van der Waals surface area contributed by atoms with Crippen molar-refractivity contribution in [1.29, 1.82) is 0 Å². The van der Waals surface area contributed by atoms with Crippen LogP contribution >= 0.6 is 0 Å². The first-order chi connectivity index (χ1) is 7.31. The lowest BCUT2D eigenvalue weighted by atomic mass is 10.1. The Morgan fingerprint density at radius 1 is 1.33 bits per heavy atom. The second-order valence-corrected chi connectivity index (χ2v) is 4.81. The summed E-state index contributed by atoms with van der Waals surface area (Å²) in [6, 6.07) is 1.56. The van der Waals surface area contributed by atoms with Gasteiger partial charge in [0.1, 0.15) is 0 Å². The molecule has 0 aromatic rings. The summed E-state index contributed by atoms with van der Waals surface area (Å²) in [5, 5.41) is 0. The van der Waals surface area contributed by atoms with Gasteiger partial charge in [-0.3, -0.25) is 9.80 Å². The number of nitrogens with zero attached hydrogens (tertiary/aromatic N) is 2. The summed E-state index contributed by atoms with van der Waals surface area (Å²) < 4.78 is 0. The molecule has 0 spiro atoms. The maximum Gasteiger partial charge on any atom is 0.0224 e. The molecule has 2 rings (SSSR count). The van der Waals surface area contributed by atoms with E-state index < -0.39 is 0 Å². The lowest BCUT2D eigenvalue weighted by Crippen LogP contribution is -2.54. The minimum atomic E-state index is 0.720. The van der Waals surface area contributed by atoms with E-state index in [0.717, 1.165) is 25.0 Å². The molecule has 2 atom stereocenters. The van der Waals surface area contributed by atoms with Gasteiger partial charge in [-0.2, -0.15) is 0 Å². The lowest BCUT2D eigenvalue weighted by molar-refractivity contribution is 0.0613. The number of hydrogen-bond acceptors (Lipinski definition) is 2. The van der Waals surface area contributed by atoms with E-state index in [2.05, 4.69) is 28.6 Å². The van der Waals surface area contributed by atoms with Crippen molar-refractivity contribution >= 4 is 0 Å². The van der Waals surface area contributed by atoms with E-state index >= 15 is 0 Å². The molecule has 0 aliphatic carbocycles. The zero-order chi connectivity index (χ0) is 10.7. The van der Waals surface area contributed by atoms with E-state index in [9.17, 15) is 0 Å². The molecule has 2 nitrogen and oxygen atoms in total. The molecule has 2 aliphatic rings. The average Bonchev–Trinajstić information content (AvgIpc) is 2.65. The number of piperazine rings is 1. The second kappa shape index (κ2) is 5.01. The smallest absolute Gasteiger partial charge is 0.0224 e. The van der Waals surface area contributed by atoms with Crippen LogP contribution in [0.15, 0.2) is 0 Å². The van der Waals surface area contributed by atoms with Crippen molar-refractivity contribution in [2.45, 2.75) is 45.2 Å². The Morgan fingerprint density at radius 3 is 3.00 bits per heavy atom. The average molecular weight is 206 g/mol. The predicted octanol–water partition coefficient (Wildman–Crippen LogP) is 1.57. The maximum absolute atomic E-state index is 3.17. The van der Waals surface area contributed by atoms with Crippen molar-refractivity contribution in [1.82, 2.24) is 9.80 Å². The van der Waals surface area contributed by atoms with Crippen LogP contribution < -0.4 is 0 Å². The molecule has 0 N–H and O–H groups in total. The Labute approximate surface area is 93.6 Å². The zero-order valence-corrected chi connectivity index (χ0v) is 10.00. The van der Waals surface area contributed by atoms with Gasteiger partial charge in [0.25, 0.3) is 0 Å². The first-order valence-corrected chi connectivity index (χ1v) is 6.19. The molecule has 2 heteroatoms. The molecule has 15 heavy (non-hydrogen) atoms. The highest BCUT2D eigenvalue weighted by Gasteiger charge is 2.33. The van der Waals surface area contributed by atoms with Gasteiger partial charge < -0.3 is 0 Å². The van der Waals surface area contributed by atoms with E-state index in [1.54, 1.807) is 0 Å². The largest absolute Gasteiger partial charge is 0.298 e. The van der Waals surface area contributed by atoms with Gasteiger partial charge in [0.2, 0.25) is 0 Å². The Bertz CT molecular complexity index is 263. The molecular formula is C13H22N2. The number of hydrogen-bond donors (Lipinski definition) is 0. The van der Waals surface area contributed by atoms with Crippen molar-refractivity contribution in [2.24, 2.45) is 0 Å². The Hall–Kier alpha value is -0.520. The highest BCUT2D eigenvalue weighted by atomic mass is 15.3. The molecule has 0 radical (unpaired) electrons. The Balaban J connectivity index is 1.85. The molecule has 0 bridgehead atoms. The van der Waals surface area contributed by atoms with Gasteiger partial charge in [-0.25, -0.2) is 0 Å². The van der Waals surface area contributed by atoms with E-state index in [-0.39, 0.29) is 0 Å². The monoisotopic (exact) mass is 206 g/mol. The fourth-order valence-electron chi connectivity index (χ4n) is 2.88. The molecular weight excluding hydrogens is 184 g/mol. The van der Waals surface area contributed by atoms with Crippen LogP contribution in [0.5, 0.6) is 0 Å². The van der Waals surface area contributed by atoms with Crippen molar-refractivity contribution in [3.05, 3.63) is 0 Å². The van der Waals surface area contributed by atoms with Crippen LogP contribution in [0, 0.1) is 11.8 Å². The van der Waals surface area contributed by atoms with Gasteiger partial charge in [-0.15, -0.1) is 11.8 Å². The third-order valence-electron chi connectivity index (χ3n) is 3.77. The third kappa shape index (κ3) is 2.53. The minimum Gasteiger partial charge on any atom is -0.298 e. The highest BCUT2D eigenvalue weighted by Crippen LogP contribution is 2.24. The fraction of sp³-hybridized carbons (Fsp3) is 0.846. The van der Waals surface area contributed by atoms with Crippen molar-refractivity contribution in [2.75, 3.05) is 26.2 Å². The topological polar surface area (TPSA) is 6.48 Å². The van der Waals surface area contributed by atoms with Crippen LogP contribution in [0.4, 0.5) is 0 Å². The second-order valence-electron chi connectivity index (χ2n) is 4.81. The van der Waals surface area contributed by atoms with Gasteiger partial charge in [0.05, 0.1) is 0 Å². The normalized spacial score (nSPS) is 32.1. The Kier molecular flexibility index (Phi) is 3.66. The summed E-state index contributed by atoms with van der Waals surface area (Å²) in [6.07, 6.45) is 3.84. The number of rotatable bonds is 2. The molecule has 84 valence electrons. The van der Waals surface area contributed by atoms with Crippen molar-refractivity contribution < 1.29 is 0 Å². The molecule has 0 amide bonds. The summed E-state index contributed by atoms with van der Waals surface area (Å²) in [5.74, 6) is 6.15. The van der Waals surface area contributed by atoms with E-state index in [1.807, 2.05) is 6.92 Å². The van der Waals surface area contributed by atoms with Crippen LogP contribution in [0.3, 0.4) is 0 Å². The SMILES string of the molecule is CC#CCCN1CC2CCCN2CC1C. The minimum absolute atomic E-state index is 0.720. The van der Waals surface area contributed by atoms with Gasteiger partial charge >= 0.3 is 0 Å². The van der Waals surface area contributed by atoms with Crippen molar-refractivity contribution in [3.8, 4) is 11.8 Å². The summed E-state index contributed by atoms with van der Waals surface area (Å²) >= 11 is 0. The summed E-state index contributed by atoms with van der Waals surface area (Å²) in [6.45, 7) is 9.31. The quantitative estimate of drug-likeness (QED) is 0.633. The molecule has 2 aliphatic heterocycles. The van der Waals surface area contributed by atoms with E-state index in [1.165, 1.54) is 32.5 Å². The molecule has 0 aromatic heterocycles. The first kappa shape index (κ1) is 11.0. The first-order valence-electron chi connectivity index (χ1n) is 6.19. The van der Waals surface area contributed by atoms with Crippen LogP contribution in [-0.4, -0.2) is 48.1 Å². The van der Waals surface area contributed by atoms with Crippen LogP contribution in [-0.2, 0) is 0 Å². The molecule has 0 aromatic carbocycles. The molecule has 0 saturated carbocycles. The molecule has 2 fully saturated rings. The predicted molar refractivity (Wildman–Crippen MR) is 63.7 cm³/mol. The summed E-state index contributed by atoms with van der Waals surface area (Å²) in [5.41, 5.74) is 0. The molecule has 2 unspecified atom stereocenters. The lowest BCUT2D eigenvalue weighted by Gasteiger charge is -2.42. The Morgan fingerprint density at radius 2 is 2.20 bits per heavy atom. The summed E-state index contributed by atoms with van der Waals surface area (Å²) in [7, 11) is 0.